The van der Waals surface area contributed by atoms with Crippen LogP contribution in [0.25, 0.3) is 0 Å². The van der Waals surface area contributed by atoms with Gasteiger partial charge in [0, 0.05) is 19.6 Å². The van der Waals surface area contributed by atoms with Crippen LogP contribution < -0.4 is 5.43 Å². The van der Waals surface area contributed by atoms with Gasteiger partial charge in [0.1, 0.15) is 0 Å². The molecule has 0 aliphatic rings. The summed E-state index contributed by atoms with van der Waals surface area (Å²) in [5.74, 6) is 0. The number of hydrogen-bond donors (Lipinski definition) is 1. The summed E-state index contributed by atoms with van der Waals surface area (Å²) in [6.45, 7) is 13.3. The van der Waals surface area contributed by atoms with E-state index < -0.39 is 0 Å². The SMILES string of the molecule is C=CCNN(CC=C)CC=C. The molecule has 0 heterocycles. The van der Waals surface area contributed by atoms with Gasteiger partial charge in [0.25, 0.3) is 0 Å². The van der Waals surface area contributed by atoms with Crippen molar-refractivity contribution >= 4 is 0 Å². The highest BCUT2D eigenvalue weighted by Gasteiger charge is 1.95. The third-order valence-electron chi connectivity index (χ3n) is 1.16. The monoisotopic (exact) mass is 152 g/mol. The molecule has 2 heteroatoms. The minimum atomic E-state index is 0.779. The maximum absolute atomic E-state index is 3.65. The summed E-state index contributed by atoms with van der Waals surface area (Å²) in [5.41, 5.74) is 3.14. The zero-order valence-corrected chi connectivity index (χ0v) is 6.92. The molecule has 0 unspecified atom stereocenters. The summed E-state index contributed by atoms with van der Waals surface area (Å²) in [6, 6.07) is 0. The summed E-state index contributed by atoms with van der Waals surface area (Å²) in [5, 5.41) is 2.02. The first-order chi connectivity index (χ1) is 5.35. The zero-order chi connectivity index (χ0) is 8.53. The average Bonchev–Trinajstić information content (AvgIpc) is 2.01. The average molecular weight is 152 g/mol. The van der Waals surface area contributed by atoms with Crippen LogP contribution in [0.3, 0.4) is 0 Å². The Kier molecular flexibility index (Phi) is 6.68. The summed E-state index contributed by atoms with van der Waals surface area (Å²) in [4.78, 5) is 0. The predicted molar refractivity (Wildman–Crippen MR) is 50.2 cm³/mol. The lowest BCUT2D eigenvalue weighted by Crippen LogP contribution is -2.38. The van der Waals surface area contributed by atoms with Gasteiger partial charge in [0.05, 0.1) is 0 Å². The molecule has 11 heavy (non-hydrogen) atoms. The second-order valence-electron chi connectivity index (χ2n) is 2.13. The summed E-state index contributed by atoms with van der Waals surface area (Å²) in [7, 11) is 0. The van der Waals surface area contributed by atoms with Gasteiger partial charge in [-0.3, -0.25) is 5.43 Å². The molecule has 1 N–H and O–H groups in total. The minimum absolute atomic E-state index is 0.779. The minimum Gasteiger partial charge on any atom is -0.251 e. The van der Waals surface area contributed by atoms with Crippen LogP contribution in [0.5, 0.6) is 0 Å². The molecular weight excluding hydrogens is 136 g/mol. The maximum atomic E-state index is 3.65. The zero-order valence-electron chi connectivity index (χ0n) is 6.92. The van der Waals surface area contributed by atoms with E-state index in [2.05, 4.69) is 25.2 Å². The molecular formula is C9H16N2. The van der Waals surface area contributed by atoms with Gasteiger partial charge >= 0.3 is 0 Å². The van der Waals surface area contributed by atoms with Crippen molar-refractivity contribution in [1.29, 1.82) is 0 Å². The van der Waals surface area contributed by atoms with E-state index in [1.165, 1.54) is 0 Å². The van der Waals surface area contributed by atoms with Crippen LogP contribution in [0.15, 0.2) is 38.0 Å². The van der Waals surface area contributed by atoms with Crippen LogP contribution in [0.4, 0.5) is 0 Å². The lowest BCUT2D eigenvalue weighted by atomic mass is 10.5. The molecule has 0 bridgehead atoms. The number of hydrogen-bond acceptors (Lipinski definition) is 2. The second-order valence-corrected chi connectivity index (χ2v) is 2.13. The Balaban J connectivity index is 3.57. The van der Waals surface area contributed by atoms with Gasteiger partial charge in [-0.05, 0) is 0 Å². The molecule has 0 amide bonds. The summed E-state index contributed by atoms with van der Waals surface area (Å²) < 4.78 is 0. The Hall–Kier alpha value is -0.860. The number of hydrazine groups is 1. The maximum Gasteiger partial charge on any atom is 0.0312 e. The van der Waals surface area contributed by atoms with E-state index in [1.807, 2.05) is 23.2 Å². The van der Waals surface area contributed by atoms with Crippen molar-refractivity contribution in [3.63, 3.8) is 0 Å². The predicted octanol–water partition coefficient (Wildman–Crippen LogP) is 1.35. The van der Waals surface area contributed by atoms with Crippen LogP contribution in [0.1, 0.15) is 0 Å². The van der Waals surface area contributed by atoms with E-state index in [0.717, 1.165) is 19.6 Å². The smallest absolute Gasteiger partial charge is 0.0312 e. The molecule has 0 aliphatic heterocycles. The first-order valence-corrected chi connectivity index (χ1v) is 3.66. The fraction of sp³-hybridized carbons (Fsp3) is 0.333. The van der Waals surface area contributed by atoms with Crippen LogP contribution in [0.2, 0.25) is 0 Å². The Morgan fingerprint density at radius 2 is 1.55 bits per heavy atom. The van der Waals surface area contributed by atoms with Gasteiger partial charge in [0.15, 0.2) is 0 Å². The van der Waals surface area contributed by atoms with Crippen molar-refractivity contribution < 1.29 is 0 Å². The van der Waals surface area contributed by atoms with Crippen molar-refractivity contribution in [2.24, 2.45) is 0 Å². The quantitative estimate of drug-likeness (QED) is 0.437. The Labute approximate surface area is 68.9 Å². The molecule has 2 nitrogen and oxygen atoms in total. The molecule has 0 saturated carbocycles. The van der Waals surface area contributed by atoms with Gasteiger partial charge in [-0.25, -0.2) is 5.01 Å². The van der Waals surface area contributed by atoms with Crippen LogP contribution in [-0.4, -0.2) is 24.6 Å². The standard InChI is InChI=1S/C9H16N2/c1-4-7-10-11(8-5-2)9-6-3/h4-6,10H,1-3,7-9H2. The molecule has 0 fully saturated rings. The first-order valence-electron chi connectivity index (χ1n) is 3.66. The van der Waals surface area contributed by atoms with Crippen molar-refractivity contribution in [1.82, 2.24) is 10.4 Å². The van der Waals surface area contributed by atoms with Gasteiger partial charge < -0.3 is 0 Å². The Morgan fingerprint density at radius 1 is 1.00 bits per heavy atom. The molecule has 0 aliphatic carbocycles. The lowest BCUT2D eigenvalue weighted by molar-refractivity contribution is 0.246. The number of nitrogens with one attached hydrogen (secondary N) is 1. The normalized spacial score (nSPS) is 9.55. The lowest BCUT2D eigenvalue weighted by Gasteiger charge is -2.18. The molecule has 0 atom stereocenters. The van der Waals surface area contributed by atoms with Crippen LogP contribution in [-0.2, 0) is 0 Å². The molecule has 0 rings (SSSR count). The first kappa shape index (κ1) is 10.1. The third-order valence-corrected chi connectivity index (χ3v) is 1.16. The largest absolute Gasteiger partial charge is 0.251 e. The summed E-state index contributed by atoms with van der Waals surface area (Å²) in [6.07, 6.45) is 5.51. The fourth-order valence-electron chi connectivity index (χ4n) is 0.709. The molecule has 62 valence electrons. The molecule has 0 aromatic carbocycles. The molecule has 0 spiro atoms. The molecule has 0 aromatic rings. The van der Waals surface area contributed by atoms with Crippen LogP contribution >= 0.6 is 0 Å². The van der Waals surface area contributed by atoms with Crippen molar-refractivity contribution in [3.8, 4) is 0 Å². The van der Waals surface area contributed by atoms with E-state index in [1.54, 1.807) is 0 Å². The van der Waals surface area contributed by atoms with E-state index in [4.69, 9.17) is 0 Å². The van der Waals surface area contributed by atoms with E-state index in [9.17, 15) is 0 Å². The van der Waals surface area contributed by atoms with Gasteiger partial charge in [-0.2, -0.15) is 0 Å². The number of nitrogens with zero attached hydrogens (tertiary/aromatic N) is 1. The number of rotatable bonds is 7. The molecule has 0 saturated heterocycles. The third kappa shape index (κ3) is 5.58. The highest BCUT2D eigenvalue weighted by atomic mass is 15.5. The second kappa shape index (κ2) is 7.25. The van der Waals surface area contributed by atoms with Gasteiger partial charge in [0.2, 0.25) is 0 Å². The fourth-order valence-corrected chi connectivity index (χ4v) is 0.709. The van der Waals surface area contributed by atoms with Crippen LogP contribution in [0, 0.1) is 0 Å². The van der Waals surface area contributed by atoms with Crippen molar-refractivity contribution in [2.75, 3.05) is 19.6 Å². The highest BCUT2D eigenvalue weighted by molar-refractivity contribution is 4.79. The van der Waals surface area contributed by atoms with Gasteiger partial charge in [-0.15, -0.1) is 19.7 Å². The van der Waals surface area contributed by atoms with Crippen molar-refractivity contribution in [2.45, 2.75) is 0 Å². The van der Waals surface area contributed by atoms with Gasteiger partial charge in [-0.1, -0.05) is 18.2 Å². The van der Waals surface area contributed by atoms with Crippen molar-refractivity contribution in [3.05, 3.63) is 38.0 Å². The summed E-state index contributed by atoms with van der Waals surface area (Å²) >= 11 is 0. The van der Waals surface area contributed by atoms with E-state index >= 15 is 0 Å². The Bertz CT molecular complexity index is 120. The highest BCUT2D eigenvalue weighted by Crippen LogP contribution is 1.82. The molecule has 0 radical (unpaired) electrons. The van der Waals surface area contributed by atoms with E-state index in [-0.39, 0.29) is 0 Å². The topological polar surface area (TPSA) is 15.3 Å². The van der Waals surface area contributed by atoms with E-state index in [0.29, 0.717) is 0 Å². The Morgan fingerprint density at radius 3 is 1.91 bits per heavy atom. The molecule has 0 aromatic heterocycles.